The third-order valence-corrected chi connectivity index (χ3v) is 3.73. The number of hydrogen-bond acceptors (Lipinski definition) is 2. The van der Waals surface area contributed by atoms with Crippen molar-refractivity contribution >= 4 is 34.8 Å². The van der Waals surface area contributed by atoms with Crippen molar-refractivity contribution in [3.63, 3.8) is 0 Å². The Kier molecular flexibility index (Phi) is 4.55. The fourth-order valence-electron chi connectivity index (χ4n) is 1.99. The summed E-state index contributed by atoms with van der Waals surface area (Å²) in [7, 11) is 0. The van der Waals surface area contributed by atoms with Crippen molar-refractivity contribution in [2.45, 2.75) is 26.2 Å². The van der Waals surface area contributed by atoms with E-state index in [0.717, 1.165) is 11.3 Å². The normalized spacial score (nSPS) is 11.3. The zero-order valence-corrected chi connectivity index (χ0v) is 13.6. The molecule has 0 saturated heterocycles. The van der Waals surface area contributed by atoms with E-state index in [1.165, 1.54) is 12.3 Å². The molecule has 21 heavy (non-hydrogen) atoms. The lowest BCUT2D eigenvalue weighted by molar-refractivity contribution is 0.102. The number of rotatable bonds is 2. The van der Waals surface area contributed by atoms with Gasteiger partial charge in [0.25, 0.3) is 5.91 Å². The predicted molar refractivity (Wildman–Crippen MR) is 87.4 cm³/mol. The third-order valence-electron chi connectivity index (χ3n) is 3.04. The Morgan fingerprint density at radius 1 is 1.19 bits per heavy atom. The molecule has 0 unspecified atom stereocenters. The van der Waals surface area contributed by atoms with Crippen LogP contribution in [0.2, 0.25) is 10.2 Å². The van der Waals surface area contributed by atoms with E-state index < -0.39 is 0 Å². The monoisotopic (exact) mass is 322 g/mol. The van der Waals surface area contributed by atoms with Crippen molar-refractivity contribution in [3.8, 4) is 0 Å². The molecule has 0 saturated carbocycles. The van der Waals surface area contributed by atoms with Crippen LogP contribution in [-0.4, -0.2) is 10.9 Å². The van der Waals surface area contributed by atoms with Crippen molar-refractivity contribution in [2.75, 3.05) is 5.32 Å². The van der Waals surface area contributed by atoms with E-state index in [0.29, 0.717) is 5.56 Å². The van der Waals surface area contributed by atoms with E-state index in [4.69, 9.17) is 23.2 Å². The minimum absolute atomic E-state index is 0.0697. The molecule has 1 N–H and O–H groups in total. The molecule has 1 heterocycles. The van der Waals surface area contributed by atoms with Gasteiger partial charge in [0.2, 0.25) is 0 Å². The van der Waals surface area contributed by atoms with Crippen LogP contribution < -0.4 is 5.32 Å². The number of nitrogens with one attached hydrogen (secondary N) is 1. The zero-order valence-electron chi connectivity index (χ0n) is 12.1. The van der Waals surface area contributed by atoms with Gasteiger partial charge in [0.1, 0.15) is 5.15 Å². The molecular formula is C16H16Cl2N2O. The largest absolute Gasteiger partial charge is 0.322 e. The molecule has 0 atom stereocenters. The number of hydrogen-bond donors (Lipinski definition) is 1. The highest BCUT2D eigenvalue weighted by molar-refractivity contribution is 6.41. The Labute approximate surface area is 134 Å². The molecule has 0 radical (unpaired) electrons. The Balaban J connectivity index is 2.30. The van der Waals surface area contributed by atoms with E-state index in [1.807, 2.05) is 24.3 Å². The summed E-state index contributed by atoms with van der Waals surface area (Å²) in [5.41, 5.74) is 2.14. The van der Waals surface area contributed by atoms with Gasteiger partial charge in [-0.25, -0.2) is 4.98 Å². The quantitative estimate of drug-likeness (QED) is 0.796. The van der Waals surface area contributed by atoms with Gasteiger partial charge in [0.15, 0.2) is 0 Å². The molecule has 0 aliphatic rings. The van der Waals surface area contributed by atoms with E-state index in [9.17, 15) is 4.79 Å². The van der Waals surface area contributed by atoms with Crippen LogP contribution in [0.25, 0.3) is 0 Å². The van der Waals surface area contributed by atoms with Crippen LogP contribution in [0.15, 0.2) is 36.5 Å². The number of pyridine rings is 1. The summed E-state index contributed by atoms with van der Waals surface area (Å²) in [6.07, 6.45) is 1.41. The maximum Gasteiger partial charge on any atom is 0.257 e. The van der Waals surface area contributed by atoms with Crippen LogP contribution in [0, 0.1) is 0 Å². The maximum absolute atomic E-state index is 12.3. The van der Waals surface area contributed by atoms with Gasteiger partial charge < -0.3 is 5.32 Å². The van der Waals surface area contributed by atoms with Gasteiger partial charge in [-0.3, -0.25) is 4.79 Å². The van der Waals surface area contributed by atoms with Crippen molar-refractivity contribution in [1.29, 1.82) is 0 Å². The van der Waals surface area contributed by atoms with Crippen molar-refractivity contribution in [1.82, 2.24) is 4.98 Å². The van der Waals surface area contributed by atoms with Gasteiger partial charge in [0.05, 0.1) is 10.6 Å². The Hall–Kier alpha value is -1.58. The minimum atomic E-state index is -0.266. The number of anilines is 1. The average molecular weight is 323 g/mol. The van der Waals surface area contributed by atoms with E-state index in [2.05, 4.69) is 31.1 Å². The van der Waals surface area contributed by atoms with Crippen LogP contribution >= 0.6 is 23.2 Å². The fourth-order valence-corrected chi connectivity index (χ4v) is 2.26. The van der Waals surface area contributed by atoms with Gasteiger partial charge in [-0.1, -0.05) is 62.2 Å². The molecule has 0 fully saturated rings. The molecule has 110 valence electrons. The van der Waals surface area contributed by atoms with Gasteiger partial charge in [-0.15, -0.1) is 0 Å². The van der Waals surface area contributed by atoms with Crippen molar-refractivity contribution in [3.05, 3.63) is 57.8 Å². The molecule has 0 spiro atoms. The number of para-hydroxylation sites is 1. The first-order chi connectivity index (χ1) is 9.79. The number of carbonyl (C=O) groups is 1. The molecule has 2 rings (SSSR count). The third kappa shape index (κ3) is 3.74. The molecule has 2 aromatic rings. The number of nitrogens with zero attached hydrogens (tertiary/aromatic N) is 1. The maximum atomic E-state index is 12.3. The van der Waals surface area contributed by atoms with E-state index in [1.54, 1.807) is 0 Å². The first kappa shape index (κ1) is 15.8. The van der Waals surface area contributed by atoms with E-state index in [-0.39, 0.29) is 21.5 Å². The smallest absolute Gasteiger partial charge is 0.257 e. The number of aromatic nitrogens is 1. The summed E-state index contributed by atoms with van der Waals surface area (Å²) in [6.45, 7) is 6.29. The van der Waals surface area contributed by atoms with Crippen LogP contribution in [0.1, 0.15) is 36.7 Å². The van der Waals surface area contributed by atoms with Gasteiger partial charge in [0, 0.05) is 11.9 Å². The molecule has 1 aromatic carbocycles. The fraction of sp³-hybridized carbons (Fsp3) is 0.250. The topological polar surface area (TPSA) is 42.0 Å². The SMILES string of the molecule is CC(C)(C)c1ccccc1NC(=O)c1cnc(Cl)c(Cl)c1. The molecule has 0 aliphatic carbocycles. The predicted octanol–water partition coefficient (Wildman–Crippen LogP) is 4.94. The zero-order chi connectivity index (χ0) is 15.6. The summed E-state index contributed by atoms with van der Waals surface area (Å²) in [6, 6.07) is 9.23. The summed E-state index contributed by atoms with van der Waals surface area (Å²) >= 11 is 11.6. The second-order valence-electron chi connectivity index (χ2n) is 5.75. The first-order valence-corrected chi connectivity index (χ1v) is 7.26. The second-order valence-corrected chi connectivity index (χ2v) is 6.51. The molecule has 5 heteroatoms. The summed E-state index contributed by atoms with van der Waals surface area (Å²) in [5, 5.41) is 3.34. The van der Waals surface area contributed by atoms with Crippen molar-refractivity contribution in [2.24, 2.45) is 0 Å². The van der Waals surface area contributed by atoms with Crippen molar-refractivity contribution < 1.29 is 4.79 Å². The lowest BCUT2D eigenvalue weighted by atomic mass is 9.86. The van der Waals surface area contributed by atoms with Crippen LogP contribution in [0.3, 0.4) is 0 Å². The molecular weight excluding hydrogens is 307 g/mol. The van der Waals surface area contributed by atoms with E-state index >= 15 is 0 Å². The molecule has 1 amide bonds. The molecule has 1 aromatic heterocycles. The van der Waals surface area contributed by atoms with Crippen LogP contribution in [0.5, 0.6) is 0 Å². The second kappa shape index (κ2) is 6.04. The molecule has 0 aliphatic heterocycles. The summed E-state index contributed by atoms with van der Waals surface area (Å²) in [4.78, 5) is 16.2. The number of halogens is 2. The lowest BCUT2D eigenvalue weighted by Gasteiger charge is -2.23. The van der Waals surface area contributed by atoms with Crippen LogP contribution in [0.4, 0.5) is 5.69 Å². The van der Waals surface area contributed by atoms with Gasteiger partial charge in [-0.2, -0.15) is 0 Å². The molecule has 0 bridgehead atoms. The minimum Gasteiger partial charge on any atom is -0.322 e. The Morgan fingerprint density at radius 3 is 2.48 bits per heavy atom. The highest BCUT2D eigenvalue weighted by Gasteiger charge is 2.19. The summed E-state index contributed by atoms with van der Waals surface area (Å²) in [5.74, 6) is -0.266. The highest BCUT2D eigenvalue weighted by Crippen LogP contribution is 2.29. The number of benzene rings is 1. The van der Waals surface area contributed by atoms with Crippen LogP contribution in [-0.2, 0) is 5.41 Å². The molecule has 3 nitrogen and oxygen atoms in total. The lowest BCUT2D eigenvalue weighted by Crippen LogP contribution is -2.18. The standard InChI is InChI=1S/C16H16Cl2N2O/c1-16(2,3)11-6-4-5-7-13(11)20-15(21)10-8-12(17)14(18)19-9-10/h4-9H,1-3H3,(H,20,21). The Morgan fingerprint density at radius 2 is 1.86 bits per heavy atom. The highest BCUT2D eigenvalue weighted by atomic mass is 35.5. The van der Waals surface area contributed by atoms with Gasteiger partial charge >= 0.3 is 0 Å². The number of carbonyl (C=O) groups excluding carboxylic acids is 1. The van der Waals surface area contributed by atoms with Gasteiger partial charge in [-0.05, 0) is 23.1 Å². The number of amides is 1. The average Bonchev–Trinajstić information content (AvgIpc) is 2.41. The Bertz CT molecular complexity index is 678. The summed E-state index contributed by atoms with van der Waals surface area (Å²) < 4.78 is 0. The first-order valence-electron chi connectivity index (χ1n) is 6.51.